The van der Waals surface area contributed by atoms with Crippen LogP contribution in [0, 0.1) is 5.82 Å². The molecule has 25 heavy (non-hydrogen) atoms. The summed E-state index contributed by atoms with van der Waals surface area (Å²) < 4.78 is 13.3. The molecule has 1 N–H and O–H groups in total. The largest absolute Gasteiger partial charge is 0.340 e. The molecule has 130 valence electrons. The highest BCUT2D eigenvalue weighted by Crippen LogP contribution is 2.26. The Hall–Kier alpha value is -2.05. The van der Waals surface area contributed by atoms with Gasteiger partial charge in [0.1, 0.15) is 5.82 Å². The van der Waals surface area contributed by atoms with E-state index in [0.717, 1.165) is 16.6 Å². The van der Waals surface area contributed by atoms with Gasteiger partial charge < -0.3 is 9.88 Å². The molecule has 1 amide bonds. The molecule has 3 rings (SSSR count). The molecular weight excluding hydrogens is 361 g/mol. The monoisotopic (exact) mass is 377 g/mol. The summed E-state index contributed by atoms with van der Waals surface area (Å²) >= 11 is 7.32. The third kappa shape index (κ3) is 4.32. The molecule has 0 aliphatic carbocycles. The number of hydrogen-bond acceptors (Lipinski definition) is 3. The fraction of sp³-hybridized carbons (Fsp3) is 0.222. The van der Waals surface area contributed by atoms with Crippen LogP contribution in [0.25, 0.3) is 11.0 Å². The van der Waals surface area contributed by atoms with Crippen molar-refractivity contribution in [2.45, 2.75) is 23.9 Å². The third-order valence-corrected chi connectivity index (χ3v) is 4.95. The number of carbonyl (C=O) groups is 1. The van der Waals surface area contributed by atoms with Crippen LogP contribution >= 0.6 is 23.4 Å². The van der Waals surface area contributed by atoms with E-state index in [-0.39, 0.29) is 17.0 Å². The van der Waals surface area contributed by atoms with Crippen LogP contribution in [0.5, 0.6) is 0 Å². The molecule has 7 heteroatoms. The smallest absolute Gasteiger partial charge is 0.235 e. The molecule has 0 aliphatic heterocycles. The van der Waals surface area contributed by atoms with E-state index in [9.17, 15) is 9.18 Å². The number of nitrogens with one attached hydrogen (secondary N) is 1. The number of imidazole rings is 1. The Morgan fingerprint density at radius 2 is 2.16 bits per heavy atom. The van der Waals surface area contributed by atoms with E-state index in [1.165, 1.54) is 23.9 Å². The van der Waals surface area contributed by atoms with Gasteiger partial charge in [-0.15, -0.1) is 0 Å². The van der Waals surface area contributed by atoms with E-state index in [0.29, 0.717) is 16.7 Å². The van der Waals surface area contributed by atoms with Crippen molar-refractivity contribution in [2.75, 3.05) is 7.05 Å². The lowest BCUT2D eigenvalue weighted by atomic mass is 10.2. The molecule has 0 radical (unpaired) electrons. The van der Waals surface area contributed by atoms with Crippen LogP contribution in [0.1, 0.15) is 12.5 Å². The number of aromatic amines is 1. The highest BCUT2D eigenvalue weighted by molar-refractivity contribution is 8.00. The van der Waals surface area contributed by atoms with Gasteiger partial charge in [-0.25, -0.2) is 9.37 Å². The summed E-state index contributed by atoms with van der Waals surface area (Å²) in [6, 6.07) is 11.7. The summed E-state index contributed by atoms with van der Waals surface area (Å²) in [5, 5.41) is 0.971. The maximum Gasteiger partial charge on any atom is 0.235 e. The SMILES string of the molecule is CC(Sc1nc2ccc(Cl)cc2[nH]1)C(=O)N(C)Cc1cccc(F)c1. The molecule has 2 aromatic carbocycles. The molecular formula is C18H17ClFN3OS. The quantitative estimate of drug-likeness (QED) is 0.666. The van der Waals surface area contributed by atoms with E-state index in [2.05, 4.69) is 9.97 Å². The third-order valence-electron chi connectivity index (χ3n) is 3.74. The van der Waals surface area contributed by atoms with Gasteiger partial charge in [0.25, 0.3) is 0 Å². The number of nitrogens with zero attached hydrogens (tertiary/aromatic N) is 2. The second-order valence-electron chi connectivity index (χ2n) is 5.79. The molecule has 1 atom stereocenters. The Bertz CT molecular complexity index is 914. The summed E-state index contributed by atoms with van der Waals surface area (Å²) in [5.41, 5.74) is 2.40. The predicted octanol–water partition coefficient (Wildman–Crippen LogP) is 4.49. The number of fused-ring (bicyclic) bond motifs is 1. The van der Waals surface area contributed by atoms with Gasteiger partial charge in [-0.3, -0.25) is 4.79 Å². The minimum absolute atomic E-state index is 0.0484. The van der Waals surface area contributed by atoms with Gasteiger partial charge in [-0.05, 0) is 42.8 Å². The first-order valence-electron chi connectivity index (χ1n) is 7.74. The second-order valence-corrected chi connectivity index (χ2v) is 7.55. The molecule has 0 aliphatic rings. The highest BCUT2D eigenvalue weighted by atomic mass is 35.5. The van der Waals surface area contributed by atoms with E-state index in [4.69, 9.17) is 11.6 Å². The van der Waals surface area contributed by atoms with Crippen LogP contribution in [0.3, 0.4) is 0 Å². The zero-order valence-electron chi connectivity index (χ0n) is 13.8. The van der Waals surface area contributed by atoms with Crippen LogP contribution in [0.4, 0.5) is 4.39 Å². The minimum atomic E-state index is -0.324. The summed E-state index contributed by atoms with van der Waals surface area (Å²) in [6.45, 7) is 2.19. The fourth-order valence-corrected chi connectivity index (χ4v) is 3.64. The molecule has 3 aromatic rings. The maximum atomic E-state index is 13.3. The van der Waals surface area contributed by atoms with Crippen molar-refractivity contribution >= 4 is 40.3 Å². The number of hydrogen-bond donors (Lipinski definition) is 1. The number of thioether (sulfide) groups is 1. The van der Waals surface area contributed by atoms with E-state index in [1.807, 2.05) is 13.0 Å². The van der Waals surface area contributed by atoms with Crippen molar-refractivity contribution in [2.24, 2.45) is 0 Å². The van der Waals surface area contributed by atoms with Crippen LogP contribution in [-0.4, -0.2) is 33.1 Å². The van der Waals surface area contributed by atoms with Gasteiger partial charge in [-0.2, -0.15) is 0 Å². The number of benzene rings is 2. The van der Waals surface area contributed by atoms with Crippen molar-refractivity contribution in [1.82, 2.24) is 14.9 Å². The summed E-state index contributed by atoms with van der Waals surface area (Å²) in [4.78, 5) is 21.8. The molecule has 0 saturated heterocycles. The van der Waals surface area contributed by atoms with Gasteiger partial charge in [0.05, 0.1) is 16.3 Å². The molecule has 0 spiro atoms. The van der Waals surface area contributed by atoms with Crippen LogP contribution in [0.15, 0.2) is 47.6 Å². The van der Waals surface area contributed by atoms with Crippen molar-refractivity contribution in [3.63, 3.8) is 0 Å². The summed E-state index contributed by atoms with van der Waals surface area (Å²) in [7, 11) is 1.71. The topological polar surface area (TPSA) is 49.0 Å². The van der Waals surface area contributed by atoms with Crippen LogP contribution < -0.4 is 0 Å². The zero-order valence-corrected chi connectivity index (χ0v) is 15.4. The highest BCUT2D eigenvalue weighted by Gasteiger charge is 2.20. The molecule has 1 unspecified atom stereocenters. The lowest BCUT2D eigenvalue weighted by Gasteiger charge is -2.20. The van der Waals surface area contributed by atoms with Crippen molar-refractivity contribution in [3.8, 4) is 0 Å². The Kier molecular flexibility index (Phi) is 5.30. The molecule has 4 nitrogen and oxygen atoms in total. The number of rotatable bonds is 5. The lowest BCUT2D eigenvalue weighted by molar-refractivity contribution is -0.129. The molecule has 0 saturated carbocycles. The Balaban J connectivity index is 1.66. The number of halogens is 2. The van der Waals surface area contributed by atoms with Crippen LogP contribution in [-0.2, 0) is 11.3 Å². The summed E-state index contributed by atoms with van der Waals surface area (Å²) in [5.74, 6) is -0.352. The van der Waals surface area contributed by atoms with E-state index >= 15 is 0 Å². The Morgan fingerprint density at radius 3 is 2.92 bits per heavy atom. The van der Waals surface area contributed by atoms with Crippen molar-refractivity contribution in [1.29, 1.82) is 0 Å². The lowest BCUT2D eigenvalue weighted by Crippen LogP contribution is -2.32. The normalized spacial score (nSPS) is 12.3. The number of carbonyl (C=O) groups excluding carboxylic acids is 1. The number of aromatic nitrogens is 2. The van der Waals surface area contributed by atoms with Gasteiger partial charge in [0.2, 0.25) is 5.91 Å². The number of H-pyrrole nitrogens is 1. The molecule has 0 fully saturated rings. The second kappa shape index (κ2) is 7.45. The Morgan fingerprint density at radius 1 is 1.36 bits per heavy atom. The average molecular weight is 378 g/mol. The van der Waals surface area contributed by atoms with Crippen molar-refractivity contribution < 1.29 is 9.18 Å². The minimum Gasteiger partial charge on any atom is -0.340 e. The Labute approximate surface area is 154 Å². The predicted molar refractivity (Wildman–Crippen MR) is 99.3 cm³/mol. The molecule has 1 heterocycles. The van der Waals surface area contributed by atoms with Gasteiger partial charge in [-0.1, -0.05) is 35.5 Å². The zero-order chi connectivity index (χ0) is 18.0. The van der Waals surface area contributed by atoms with E-state index < -0.39 is 0 Å². The first-order chi connectivity index (χ1) is 11.9. The fourth-order valence-electron chi connectivity index (χ4n) is 2.53. The first-order valence-corrected chi connectivity index (χ1v) is 8.99. The van der Waals surface area contributed by atoms with Gasteiger partial charge in [0, 0.05) is 18.6 Å². The summed E-state index contributed by atoms with van der Waals surface area (Å²) in [6.07, 6.45) is 0. The average Bonchev–Trinajstić information content (AvgIpc) is 2.95. The molecule has 1 aromatic heterocycles. The van der Waals surface area contributed by atoms with E-state index in [1.54, 1.807) is 36.2 Å². The van der Waals surface area contributed by atoms with Gasteiger partial charge in [0.15, 0.2) is 5.16 Å². The standard InChI is InChI=1S/C18H17ClFN3OS/c1-11(17(24)23(2)10-12-4-3-5-14(20)8-12)25-18-21-15-7-6-13(19)9-16(15)22-18/h3-9,11H,10H2,1-2H3,(H,21,22). The first kappa shape index (κ1) is 17.8. The van der Waals surface area contributed by atoms with Gasteiger partial charge >= 0.3 is 0 Å². The molecule has 0 bridgehead atoms. The number of amides is 1. The van der Waals surface area contributed by atoms with Crippen molar-refractivity contribution in [3.05, 3.63) is 58.9 Å². The maximum absolute atomic E-state index is 13.3. The van der Waals surface area contributed by atoms with Crippen LogP contribution in [0.2, 0.25) is 5.02 Å².